The lowest BCUT2D eigenvalue weighted by molar-refractivity contribution is 0.0313. The molecule has 0 amide bonds. The minimum Gasteiger partial charge on any atom is -0.377 e. The molecule has 0 aliphatic carbocycles. The van der Waals surface area contributed by atoms with Crippen molar-refractivity contribution in [3.05, 3.63) is 18.2 Å². The highest BCUT2D eigenvalue weighted by Gasteiger charge is 2.21. The second-order valence-electron chi connectivity index (χ2n) is 4.80. The molecule has 2 unspecified atom stereocenters. The summed E-state index contributed by atoms with van der Waals surface area (Å²) >= 11 is 0. The number of hydrogen-bond donors (Lipinski definition) is 1. The predicted molar refractivity (Wildman–Crippen MR) is 79.4 cm³/mol. The summed E-state index contributed by atoms with van der Waals surface area (Å²) in [4.78, 5) is 4.48. The number of nitrogens with one attached hydrogen (secondary N) is 1. The number of nitrogens with zero attached hydrogens (tertiary/aromatic N) is 2. The fourth-order valence-corrected chi connectivity index (χ4v) is 2.41. The van der Waals surface area contributed by atoms with Crippen molar-refractivity contribution in [3.63, 3.8) is 0 Å². The van der Waals surface area contributed by atoms with Crippen LogP contribution in [0, 0.1) is 0 Å². The molecular formula is C15H29N3O. The summed E-state index contributed by atoms with van der Waals surface area (Å²) in [6, 6.07) is 0.345. The van der Waals surface area contributed by atoms with Gasteiger partial charge >= 0.3 is 0 Å². The fraction of sp³-hybridized carbons (Fsp3) is 0.800. The summed E-state index contributed by atoms with van der Waals surface area (Å²) in [5.74, 6) is 1.15. The van der Waals surface area contributed by atoms with Crippen molar-refractivity contribution in [1.29, 1.82) is 0 Å². The van der Waals surface area contributed by atoms with Gasteiger partial charge < -0.3 is 14.6 Å². The van der Waals surface area contributed by atoms with Gasteiger partial charge in [-0.15, -0.1) is 0 Å². The van der Waals surface area contributed by atoms with Crippen LogP contribution in [0.15, 0.2) is 12.4 Å². The average molecular weight is 267 g/mol. The van der Waals surface area contributed by atoms with E-state index < -0.39 is 0 Å². The number of hydrogen-bond acceptors (Lipinski definition) is 3. The normalized spacial score (nSPS) is 14.5. The Morgan fingerprint density at radius 1 is 1.32 bits per heavy atom. The van der Waals surface area contributed by atoms with E-state index in [0.717, 1.165) is 44.8 Å². The van der Waals surface area contributed by atoms with E-state index in [2.05, 4.69) is 42.6 Å². The summed E-state index contributed by atoms with van der Waals surface area (Å²) in [6.45, 7) is 11.4. The number of aromatic nitrogens is 2. The van der Waals surface area contributed by atoms with Crippen LogP contribution >= 0.6 is 0 Å². The van der Waals surface area contributed by atoms with Crippen molar-refractivity contribution in [1.82, 2.24) is 14.9 Å². The van der Waals surface area contributed by atoms with Gasteiger partial charge in [0.25, 0.3) is 0 Å². The summed E-state index contributed by atoms with van der Waals surface area (Å²) in [5, 5.41) is 3.62. The standard InChI is InChI=1S/C15H29N3O/c1-5-9-16-13(14(6-2)19-8-4)12-15-17-10-11-18(15)7-3/h10-11,13-14,16H,5-9,12H2,1-4H3. The van der Waals surface area contributed by atoms with Gasteiger partial charge in [-0.05, 0) is 33.2 Å². The second kappa shape index (κ2) is 9.10. The molecule has 1 aromatic heterocycles. The third kappa shape index (κ3) is 4.96. The second-order valence-corrected chi connectivity index (χ2v) is 4.80. The molecule has 0 bridgehead atoms. The zero-order valence-corrected chi connectivity index (χ0v) is 12.9. The van der Waals surface area contributed by atoms with E-state index in [1.807, 2.05) is 12.4 Å². The van der Waals surface area contributed by atoms with Crippen molar-refractivity contribution in [2.24, 2.45) is 0 Å². The van der Waals surface area contributed by atoms with Crippen LogP contribution in [0.5, 0.6) is 0 Å². The largest absolute Gasteiger partial charge is 0.377 e. The molecule has 4 heteroatoms. The Balaban J connectivity index is 2.72. The summed E-state index contributed by atoms with van der Waals surface area (Å²) in [5.41, 5.74) is 0. The maximum Gasteiger partial charge on any atom is 0.110 e. The molecule has 0 aliphatic rings. The quantitative estimate of drug-likeness (QED) is 0.708. The fourth-order valence-electron chi connectivity index (χ4n) is 2.41. The lowest BCUT2D eigenvalue weighted by Gasteiger charge is -2.27. The zero-order valence-electron chi connectivity index (χ0n) is 12.9. The maximum atomic E-state index is 5.87. The van der Waals surface area contributed by atoms with Crippen molar-refractivity contribution >= 4 is 0 Å². The smallest absolute Gasteiger partial charge is 0.110 e. The molecule has 0 saturated heterocycles. The highest BCUT2D eigenvalue weighted by Crippen LogP contribution is 2.11. The van der Waals surface area contributed by atoms with E-state index in [1.54, 1.807) is 0 Å². The van der Waals surface area contributed by atoms with E-state index in [4.69, 9.17) is 4.74 Å². The molecule has 0 aliphatic heterocycles. The van der Waals surface area contributed by atoms with E-state index in [0.29, 0.717) is 6.04 Å². The van der Waals surface area contributed by atoms with Crippen LogP contribution in [0.4, 0.5) is 0 Å². The molecule has 2 atom stereocenters. The monoisotopic (exact) mass is 267 g/mol. The molecule has 4 nitrogen and oxygen atoms in total. The molecule has 1 N–H and O–H groups in total. The van der Waals surface area contributed by atoms with E-state index in [-0.39, 0.29) is 6.10 Å². The van der Waals surface area contributed by atoms with Crippen LogP contribution in [0.3, 0.4) is 0 Å². The van der Waals surface area contributed by atoms with Gasteiger partial charge in [-0.2, -0.15) is 0 Å². The van der Waals surface area contributed by atoms with Gasteiger partial charge in [-0.25, -0.2) is 4.98 Å². The molecule has 110 valence electrons. The Labute approximate surface area is 117 Å². The van der Waals surface area contributed by atoms with Crippen LogP contribution in [0.1, 0.15) is 46.4 Å². The van der Waals surface area contributed by atoms with Crippen LogP contribution in [-0.2, 0) is 17.7 Å². The average Bonchev–Trinajstić information content (AvgIpc) is 2.88. The van der Waals surface area contributed by atoms with Gasteiger partial charge in [-0.3, -0.25) is 0 Å². The van der Waals surface area contributed by atoms with Crippen LogP contribution in [0.2, 0.25) is 0 Å². The van der Waals surface area contributed by atoms with Gasteiger partial charge in [0.05, 0.1) is 6.10 Å². The predicted octanol–water partition coefficient (Wildman–Crippen LogP) is 2.63. The Hall–Kier alpha value is -0.870. The molecule has 1 rings (SSSR count). The van der Waals surface area contributed by atoms with Crippen molar-refractivity contribution in [2.75, 3.05) is 13.2 Å². The molecular weight excluding hydrogens is 238 g/mol. The zero-order chi connectivity index (χ0) is 14.1. The van der Waals surface area contributed by atoms with E-state index in [9.17, 15) is 0 Å². The summed E-state index contributed by atoms with van der Waals surface area (Å²) < 4.78 is 8.08. The van der Waals surface area contributed by atoms with Crippen molar-refractivity contribution in [3.8, 4) is 0 Å². The first-order valence-electron chi connectivity index (χ1n) is 7.61. The number of rotatable bonds is 10. The first-order valence-corrected chi connectivity index (χ1v) is 7.61. The maximum absolute atomic E-state index is 5.87. The lowest BCUT2D eigenvalue weighted by atomic mass is 10.0. The molecule has 0 radical (unpaired) electrons. The summed E-state index contributed by atoms with van der Waals surface area (Å²) in [7, 11) is 0. The van der Waals surface area contributed by atoms with E-state index >= 15 is 0 Å². The molecule has 1 heterocycles. The SMILES string of the molecule is CCCNC(Cc1nccn1CC)C(CC)OCC. The highest BCUT2D eigenvalue weighted by atomic mass is 16.5. The van der Waals surface area contributed by atoms with Gasteiger partial charge in [-0.1, -0.05) is 13.8 Å². The summed E-state index contributed by atoms with van der Waals surface area (Å²) in [6.07, 6.45) is 7.30. The first kappa shape index (κ1) is 16.2. The lowest BCUT2D eigenvalue weighted by Crippen LogP contribution is -2.43. The van der Waals surface area contributed by atoms with Crippen molar-refractivity contribution < 1.29 is 4.74 Å². The van der Waals surface area contributed by atoms with Crippen LogP contribution in [-0.4, -0.2) is 34.8 Å². The third-order valence-electron chi connectivity index (χ3n) is 3.43. The molecule has 19 heavy (non-hydrogen) atoms. The number of imidazole rings is 1. The molecule has 1 aromatic rings. The topological polar surface area (TPSA) is 39.1 Å². The molecule has 0 spiro atoms. The minimum atomic E-state index is 0.263. The van der Waals surface area contributed by atoms with Gasteiger partial charge in [0.15, 0.2) is 0 Å². The number of aryl methyl sites for hydroxylation is 1. The first-order chi connectivity index (χ1) is 9.26. The van der Waals surface area contributed by atoms with E-state index in [1.165, 1.54) is 0 Å². The van der Waals surface area contributed by atoms with Crippen LogP contribution < -0.4 is 5.32 Å². The minimum absolute atomic E-state index is 0.263. The Morgan fingerprint density at radius 2 is 2.11 bits per heavy atom. The van der Waals surface area contributed by atoms with Crippen molar-refractivity contribution in [2.45, 2.75) is 65.6 Å². The number of ether oxygens (including phenoxy) is 1. The Kier molecular flexibility index (Phi) is 7.75. The highest BCUT2D eigenvalue weighted by molar-refractivity contribution is 4.97. The van der Waals surface area contributed by atoms with Gasteiger partial charge in [0.1, 0.15) is 5.82 Å². The van der Waals surface area contributed by atoms with Gasteiger partial charge in [0.2, 0.25) is 0 Å². The van der Waals surface area contributed by atoms with Gasteiger partial charge in [0, 0.05) is 38.0 Å². The molecule has 0 saturated carbocycles. The third-order valence-corrected chi connectivity index (χ3v) is 3.43. The Bertz CT molecular complexity index is 338. The molecule has 0 fully saturated rings. The van der Waals surface area contributed by atoms with Crippen LogP contribution in [0.25, 0.3) is 0 Å². The molecule has 0 aromatic carbocycles. The Morgan fingerprint density at radius 3 is 2.68 bits per heavy atom.